The van der Waals surface area contributed by atoms with Crippen LogP contribution in [0.1, 0.15) is 32.6 Å². The summed E-state index contributed by atoms with van der Waals surface area (Å²) in [7, 11) is 0. The highest BCUT2D eigenvalue weighted by Gasteiger charge is 2.27. The van der Waals surface area contributed by atoms with Crippen LogP contribution in [0.25, 0.3) is 0 Å². The number of carbonyl (C=O) groups is 1. The first-order chi connectivity index (χ1) is 8.62. The van der Waals surface area contributed by atoms with E-state index in [1.807, 2.05) is 13.2 Å². The second-order valence-corrected chi connectivity index (χ2v) is 6.28. The van der Waals surface area contributed by atoms with Gasteiger partial charge in [0.1, 0.15) is 0 Å². The molecule has 0 spiro atoms. The zero-order chi connectivity index (χ0) is 13.5. The van der Waals surface area contributed by atoms with Crippen molar-refractivity contribution in [2.45, 2.75) is 43.9 Å². The summed E-state index contributed by atoms with van der Waals surface area (Å²) in [6.45, 7) is 2.80. The normalized spacial score (nSPS) is 27.6. The number of nitrogens with two attached hydrogens (primary N) is 1. The molecule has 18 heavy (non-hydrogen) atoms. The predicted octanol–water partition coefficient (Wildman–Crippen LogP) is 0.980. The van der Waals surface area contributed by atoms with Gasteiger partial charge < -0.3 is 16.2 Å². The van der Waals surface area contributed by atoms with Crippen LogP contribution in [0, 0.1) is 11.8 Å². The molecule has 0 aromatic heterocycles. The molecule has 1 saturated carbocycles. The van der Waals surface area contributed by atoms with Gasteiger partial charge in [0.2, 0.25) is 5.91 Å². The quantitative estimate of drug-likeness (QED) is 0.675. The molecule has 0 saturated heterocycles. The Labute approximate surface area is 114 Å². The van der Waals surface area contributed by atoms with Gasteiger partial charge in [-0.2, -0.15) is 11.8 Å². The van der Waals surface area contributed by atoms with E-state index < -0.39 is 0 Å². The molecule has 0 radical (unpaired) electrons. The number of nitrogens with one attached hydrogen (secondary N) is 1. The molecule has 0 aliphatic heterocycles. The van der Waals surface area contributed by atoms with Gasteiger partial charge in [0, 0.05) is 17.2 Å². The number of hydrogen-bond donors (Lipinski definition) is 3. The van der Waals surface area contributed by atoms with Crippen molar-refractivity contribution in [1.82, 2.24) is 5.32 Å². The Kier molecular flexibility index (Phi) is 7.04. The lowest BCUT2D eigenvalue weighted by Gasteiger charge is -2.29. The van der Waals surface area contributed by atoms with Crippen LogP contribution in [0.5, 0.6) is 0 Å². The Morgan fingerprint density at radius 1 is 1.44 bits per heavy atom. The average Bonchev–Trinajstić information content (AvgIpc) is 2.40. The van der Waals surface area contributed by atoms with E-state index in [1.54, 1.807) is 11.8 Å². The number of aliphatic hydroxyl groups is 1. The Hall–Kier alpha value is -0.260. The fourth-order valence-electron chi connectivity index (χ4n) is 2.53. The number of rotatable bonds is 6. The second kappa shape index (κ2) is 8.02. The Morgan fingerprint density at radius 2 is 2.06 bits per heavy atom. The molecule has 1 aliphatic carbocycles. The fourth-order valence-corrected chi connectivity index (χ4v) is 3.16. The monoisotopic (exact) mass is 274 g/mol. The van der Waals surface area contributed by atoms with Gasteiger partial charge in [-0.3, -0.25) is 4.79 Å². The van der Waals surface area contributed by atoms with Crippen molar-refractivity contribution in [3.8, 4) is 0 Å². The Balaban J connectivity index is 2.37. The maximum Gasteiger partial charge on any atom is 0.223 e. The molecule has 5 heteroatoms. The van der Waals surface area contributed by atoms with E-state index in [9.17, 15) is 9.90 Å². The van der Waals surface area contributed by atoms with E-state index in [0.29, 0.717) is 5.92 Å². The standard InChI is InChI=1S/C13H26N2O2S/c1-9(12(8-16)18-2)15-13(17)11-5-3-10(7-14)4-6-11/h9-12,16H,3-8,14H2,1-2H3,(H,15,17). The molecule has 2 unspecified atom stereocenters. The lowest BCUT2D eigenvalue weighted by atomic mass is 9.81. The number of aliphatic hydroxyl groups excluding tert-OH is 1. The van der Waals surface area contributed by atoms with E-state index >= 15 is 0 Å². The molecular weight excluding hydrogens is 248 g/mol. The molecule has 4 nitrogen and oxygen atoms in total. The van der Waals surface area contributed by atoms with Crippen molar-refractivity contribution >= 4 is 17.7 Å². The molecule has 1 fully saturated rings. The number of hydrogen-bond acceptors (Lipinski definition) is 4. The van der Waals surface area contributed by atoms with E-state index in [4.69, 9.17) is 5.73 Å². The summed E-state index contributed by atoms with van der Waals surface area (Å²) in [6, 6.07) is 0.0183. The summed E-state index contributed by atoms with van der Waals surface area (Å²) >= 11 is 1.59. The van der Waals surface area contributed by atoms with Crippen molar-refractivity contribution in [3.63, 3.8) is 0 Å². The number of carbonyl (C=O) groups excluding carboxylic acids is 1. The van der Waals surface area contributed by atoms with Gasteiger partial charge in [-0.25, -0.2) is 0 Å². The Morgan fingerprint density at radius 3 is 2.50 bits per heavy atom. The Bertz CT molecular complexity index is 251. The van der Waals surface area contributed by atoms with Crippen LogP contribution in [-0.4, -0.2) is 41.7 Å². The molecule has 0 bridgehead atoms. The van der Waals surface area contributed by atoms with Gasteiger partial charge in [-0.15, -0.1) is 0 Å². The minimum atomic E-state index is 0.0183. The molecular formula is C13H26N2O2S. The molecule has 106 valence electrons. The first-order valence-corrected chi connectivity index (χ1v) is 8.05. The zero-order valence-corrected chi connectivity index (χ0v) is 12.2. The van der Waals surface area contributed by atoms with Crippen LogP contribution in [0.3, 0.4) is 0 Å². The topological polar surface area (TPSA) is 75.3 Å². The fraction of sp³-hybridized carbons (Fsp3) is 0.923. The van der Waals surface area contributed by atoms with Gasteiger partial charge in [0.15, 0.2) is 0 Å². The number of thioether (sulfide) groups is 1. The third-order valence-electron chi connectivity index (χ3n) is 3.96. The molecule has 1 aliphatic rings. The summed E-state index contributed by atoms with van der Waals surface area (Å²) in [4.78, 5) is 12.1. The van der Waals surface area contributed by atoms with Crippen LogP contribution < -0.4 is 11.1 Å². The summed E-state index contributed by atoms with van der Waals surface area (Å²) in [6.07, 6.45) is 5.98. The van der Waals surface area contributed by atoms with Crippen molar-refractivity contribution in [1.29, 1.82) is 0 Å². The maximum absolute atomic E-state index is 12.1. The zero-order valence-electron chi connectivity index (χ0n) is 11.4. The van der Waals surface area contributed by atoms with E-state index in [1.165, 1.54) is 0 Å². The highest BCUT2D eigenvalue weighted by atomic mass is 32.2. The van der Waals surface area contributed by atoms with Crippen molar-refractivity contribution in [3.05, 3.63) is 0 Å². The summed E-state index contributed by atoms with van der Waals surface area (Å²) < 4.78 is 0. The summed E-state index contributed by atoms with van der Waals surface area (Å²) in [5, 5.41) is 12.3. The number of amides is 1. The molecule has 0 heterocycles. The van der Waals surface area contributed by atoms with Gasteiger partial charge in [0.25, 0.3) is 0 Å². The molecule has 2 atom stereocenters. The third kappa shape index (κ3) is 4.44. The smallest absolute Gasteiger partial charge is 0.223 e. The lowest BCUT2D eigenvalue weighted by molar-refractivity contribution is -0.126. The molecule has 4 N–H and O–H groups in total. The van der Waals surface area contributed by atoms with Crippen LogP contribution in [0.15, 0.2) is 0 Å². The largest absolute Gasteiger partial charge is 0.395 e. The minimum Gasteiger partial charge on any atom is -0.395 e. The summed E-state index contributed by atoms with van der Waals surface area (Å²) in [5.41, 5.74) is 5.65. The molecule has 0 aromatic rings. The molecule has 1 amide bonds. The minimum absolute atomic E-state index is 0.0183. The highest BCUT2D eigenvalue weighted by molar-refractivity contribution is 7.99. The van der Waals surface area contributed by atoms with E-state index in [-0.39, 0.29) is 29.7 Å². The van der Waals surface area contributed by atoms with Gasteiger partial charge >= 0.3 is 0 Å². The van der Waals surface area contributed by atoms with Crippen molar-refractivity contribution < 1.29 is 9.90 Å². The SMILES string of the molecule is CSC(CO)C(C)NC(=O)C1CCC(CN)CC1. The summed E-state index contributed by atoms with van der Waals surface area (Å²) in [5.74, 6) is 0.879. The average molecular weight is 274 g/mol. The first-order valence-electron chi connectivity index (χ1n) is 6.76. The van der Waals surface area contributed by atoms with Gasteiger partial charge in [-0.1, -0.05) is 0 Å². The molecule has 0 aromatic carbocycles. The van der Waals surface area contributed by atoms with Gasteiger partial charge in [-0.05, 0) is 51.3 Å². The lowest BCUT2D eigenvalue weighted by Crippen LogP contribution is -2.44. The van der Waals surface area contributed by atoms with E-state index in [2.05, 4.69) is 5.32 Å². The first kappa shape index (κ1) is 15.8. The molecule has 1 rings (SSSR count). The van der Waals surface area contributed by atoms with Crippen LogP contribution in [0.2, 0.25) is 0 Å². The van der Waals surface area contributed by atoms with Crippen LogP contribution in [-0.2, 0) is 4.79 Å². The van der Waals surface area contributed by atoms with Crippen molar-refractivity contribution in [2.75, 3.05) is 19.4 Å². The van der Waals surface area contributed by atoms with Gasteiger partial charge in [0.05, 0.1) is 6.61 Å². The van der Waals surface area contributed by atoms with Crippen LogP contribution in [0.4, 0.5) is 0 Å². The predicted molar refractivity (Wildman–Crippen MR) is 76.5 cm³/mol. The van der Waals surface area contributed by atoms with E-state index in [0.717, 1.165) is 32.2 Å². The maximum atomic E-state index is 12.1. The third-order valence-corrected chi connectivity index (χ3v) is 5.12. The van der Waals surface area contributed by atoms with Crippen LogP contribution >= 0.6 is 11.8 Å². The second-order valence-electron chi connectivity index (χ2n) is 5.21. The highest BCUT2D eigenvalue weighted by Crippen LogP contribution is 2.28. The van der Waals surface area contributed by atoms with Crippen molar-refractivity contribution in [2.24, 2.45) is 17.6 Å².